The Balaban J connectivity index is 1.07. The van der Waals surface area contributed by atoms with Crippen LogP contribution >= 0.6 is 0 Å². The van der Waals surface area contributed by atoms with E-state index < -0.39 is 19.1 Å². The van der Waals surface area contributed by atoms with E-state index in [1.807, 2.05) is 96.3 Å². The molecule has 2 radical (unpaired) electrons. The number of nitrogens with one attached hydrogen (secondary N) is 2. The average molecular weight is 905 g/mol. The van der Waals surface area contributed by atoms with Gasteiger partial charge in [0.25, 0.3) is 0 Å². The minimum Gasteiger partial charge on any atom is -0.457 e. The number of aromatic nitrogens is 3. The van der Waals surface area contributed by atoms with Crippen molar-refractivity contribution in [3.05, 3.63) is 229 Å². The number of imidazole rings is 1. The summed E-state index contributed by atoms with van der Waals surface area (Å²) in [4.78, 5) is 9.07. The molecule has 334 valence electrons. The molecule has 11 rings (SSSR count). The molecule has 5 heterocycles. The van der Waals surface area contributed by atoms with E-state index in [4.69, 9.17) is 19.3 Å². The number of anilines is 4. The van der Waals surface area contributed by atoms with Crippen molar-refractivity contribution < 1.29 is 17.1 Å². The summed E-state index contributed by atoms with van der Waals surface area (Å²) in [5.74, 6) is 4.48. The van der Waals surface area contributed by atoms with Gasteiger partial charge in [0.15, 0.2) is 14.6 Å². The van der Waals surface area contributed by atoms with Crippen molar-refractivity contribution >= 4 is 81.1 Å². The number of rotatable bonds is 7. The number of fused-ring (bicyclic) bond motifs is 5. The molecule has 0 amide bonds. The summed E-state index contributed by atoms with van der Waals surface area (Å²) in [6, 6.07) is 25.9. The molecular weight excluding hydrogens is 844 g/mol. The first kappa shape index (κ1) is 34.0. The van der Waals surface area contributed by atoms with Crippen molar-refractivity contribution in [2.75, 3.05) is 16.5 Å². The van der Waals surface area contributed by atoms with E-state index in [1.54, 1.807) is 48.5 Å². The fraction of sp³-hybridized carbons (Fsp3) is 0.102. The maximum Gasteiger partial charge on any atom is 0.215 e. The maximum absolute atomic E-state index is 9.49. The normalized spacial score (nSPS) is 21.2. The number of ether oxygens (including phenoxy) is 1. The molecule has 2 N–H and O–H groups in total. The lowest BCUT2D eigenvalue weighted by molar-refractivity contribution is 0.483. The van der Waals surface area contributed by atoms with Crippen molar-refractivity contribution in [3.63, 3.8) is 0 Å². The third kappa shape index (κ3) is 8.39. The molecule has 0 atom stereocenters. The van der Waals surface area contributed by atoms with Crippen LogP contribution in [0, 0.1) is 0 Å². The van der Waals surface area contributed by atoms with E-state index >= 15 is 0 Å². The standard InChI is InChI=1S/C59H51B2N7O/c1-59(2,3)41-36-47(49-21-16-34-62-32-13-11-30-60-49)57(48(37-41)50-22-17-35-63-33-14-12-31-61-50)67-40-66(54-26-9-10-27-55(54)67)42-18-15-19-43(38-42)69-44-28-29-46-45-20-5-7-24-52(45)68(56(46)39-44)58-64-51-23-6-8-25-53(51)65(58)4/h5-39,62-63H,40H2,1-4H3/b30-11-,31-12-,32-13-,33-14-,34-16-,35-17-,49-21-,50-22-/i4D3,5D,7D,15D,18D,20D,24D. The third-order valence-electron chi connectivity index (χ3n) is 12.3. The quantitative estimate of drug-likeness (QED) is 0.155. The summed E-state index contributed by atoms with van der Waals surface area (Å²) in [7, 11) is 4.22. The van der Waals surface area contributed by atoms with E-state index in [1.165, 1.54) is 10.6 Å². The van der Waals surface area contributed by atoms with Gasteiger partial charge in [-0.25, -0.2) is 4.98 Å². The van der Waals surface area contributed by atoms with Crippen LogP contribution < -0.4 is 25.2 Å². The predicted molar refractivity (Wildman–Crippen MR) is 291 cm³/mol. The van der Waals surface area contributed by atoms with Gasteiger partial charge in [-0.3, -0.25) is 4.57 Å². The summed E-state index contributed by atoms with van der Waals surface area (Å²) in [5.41, 5.74) is 8.84. The molecular formula is C59H51B2N7O. The van der Waals surface area contributed by atoms with Crippen LogP contribution in [0.4, 0.5) is 22.7 Å². The topological polar surface area (TPSA) is 62.5 Å². The molecule has 0 saturated heterocycles. The van der Waals surface area contributed by atoms with Crippen molar-refractivity contribution in [2.24, 2.45) is 6.98 Å². The van der Waals surface area contributed by atoms with Gasteiger partial charge >= 0.3 is 0 Å². The number of allylic oxidation sites excluding steroid dienone is 8. The van der Waals surface area contributed by atoms with Gasteiger partial charge in [-0.1, -0.05) is 104 Å². The van der Waals surface area contributed by atoms with Crippen LogP contribution in [-0.2, 0) is 12.4 Å². The summed E-state index contributed by atoms with van der Waals surface area (Å²) in [5, 5.41) is 7.01. The minimum atomic E-state index is -2.74. The van der Waals surface area contributed by atoms with Gasteiger partial charge in [-0.05, 0) is 113 Å². The lowest BCUT2D eigenvalue weighted by atomic mass is 9.62. The molecule has 6 aromatic carbocycles. The van der Waals surface area contributed by atoms with Gasteiger partial charge in [0, 0.05) is 64.5 Å². The fourth-order valence-electron chi connectivity index (χ4n) is 8.94. The fourth-order valence-corrected chi connectivity index (χ4v) is 8.94. The number of benzene rings is 6. The summed E-state index contributed by atoms with van der Waals surface area (Å²) < 4.78 is 89.3. The van der Waals surface area contributed by atoms with E-state index in [0.29, 0.717) is 27.6 Å². The zero-order valence-electron chi connectivity index (χ0n) is 47.2. The Morgan fingerprint density at radius 1 is 0.638 bits per heavy atom. The van der Waals surface area contributed by atoms with Gasteiger partial charge < -0.3 is 29.7 Å². The van der Waals surface area contributed by atoms with Gasteiger partial charge in [0.1, 0.15) is 18.2 Å². The molecule has 3 aliphatic heterocycles. The third-order valence-corrected chi connectivity index (χ3v) is 12.3. The Kier molecular flexibility index (Phi) is 9.06. The second-order valence-electron chi connectivity index (χ2n) is 17.7. The zero-order valence-corrected chi connectivity index (χ0v) is 38.2. The van der Waals surface area contributed by atoms with Crippen molar-refractivity contribution in [2.45, 2.75) is 26.2 Å². The predicted octanol–water partition coefficient (Wildman–Crippen LogP) is 13.4. The highest BCUT2D eigenvalue weighted by atomic mass is 16.5. The molecule has 0 aliphatic carbocycles. The second-order valence-corrected chi connectivity index (χ2v) is 17.7. The largest absolute Gasteiger partial charge is 0.457 e. The highest BCUT2D eigenvalue weighted by molar-refractivity contribution is 6.67. The number of para-hydroxylation sites is 5. The summed E-state index contributed by atoms with van der Waals surface area (Å²) >= 11 is 0. The van der Waals surface area contributed by atoms with E-state index in [-0.39, 0.29) is 64.6 Å². The van der Waals surface area contributed by atoms with Crippen LogP contribution in [0.2, 0.25) is 0 Å². The average Bonchev–Trinajstić information content (AvgIpc) is 3.94. The molecule has 0 fully saturated rings. The van der Waals surface area contributed by atoms with Crippen molar-refractivity contribution in [1.29, 1.82) is 0 Å². The maximum atomic E-state index is 9.49. The summed E-state index contributed by atoms with van der Waals surface area (Å²) in [6.07, 6.45) is 23.5. The molecule has 0 unspecified atom stereocenters. The number of hydrogen-bond donors (Lipinski definition) is 2. The Morgan fingerprint density at radius 3 is 2.03 bits per heavy atom. The molecule has 0 bridgehead atoms. The van der Waals surface area contributed by atoms with Gasteiger partial charge in [-0.2, -0.15) is 0 Å². The van der Waals surface area contributed by atoms with Crippen LogP contribution in [0.25, 0.3) is 49.7 Å². The van der Waals surface area contributed by atoms with Crippen LogP contribution in [0.3, 0.4) is 0 Å². The smallest absolute Gasteiger partial charge is 0.215 e. The Bertz CT molecular complexity index is 3940. The van der Waals surface area contributed by atoms with Crippen LogP contribution in [0.1, 0.15) is 49.8 Å². The lowest BCUT2D eigenvalue weighted by Gasteiger charge is -2.31. The zero-order chi connectivity index (χ0) is 54.6. The van der Waals surface area contributed by atoms with E-state index in [9.17, 15) is 2.74 Å². The SMILES string of the molecule is [2H]c1cc(Oc2ccc3c4c([2H])c([2H])c([2H])c([2H])c4n(-c4nc5ccccc5n4C([2H])([2H])[2H])c3c2)cc(N2CN(c3c(/C4=C/C=C\N/C=C\C=C/[B]4)cc(C(C)(C)C)cc3/C3=C/C=C\N/C=C\C=C/[B]3)c3ccccc32)c1[2H]. The van der Waals surface area contributed by atoms with E-state index in [0.717, 1.165) is 49.3 Å². The Hall–Kier alpha value is -8.36. The Morgan fingerprint density at radius 2 is 1.30 bits per heavy atom. The number of aryl methyl sites for hydroxylation is 1. The van der Waals surface area contributed by atoms with Crippen LogP contribution in [-0.4, -0.2) is 35.3 Å². The number of nitrogens with zero attached hydrogens (tertiary/aromatic N) is 5. The molecule has 8 nitrogen and oxygen atoms in total. The van der Waals surface area contributed by atoms with Crippen LogP contribution in [0.5, 0.6) is 11.5 Å². The number of hydrogen-bond acceptors (Lipinski definition) is 6. The highest BCUT2D eigenvalue weighted by Crippen LogP contribution is 2.50. The van der Waals surface area contributed by atoms with Gasteiger partial charge in [0.2, 0.25) is 5.95 Å². The van der Waals surface area contributed by atoms with Gasteiger partial charge in [0.05, 0.1) is 47.4 Å². The minimum absolute atomic E-state index is 0.0246. The molecule has 69 heavy (non-hydrogen) atoms. The molecule has 2 aromatic heterocycles. The molecule has 0 spiro atoms. The Labute approximate surface area is 418 Å². The van der Waals surface area contributed by atoms with Crippen molar-refractivity contribution in [1.82, 2.24) is 24.8 Å². The van der Waals surface area contributed by atoms with Gasteiger partial charge in [-0.15, -0.1) is 12.0 Å². The lowest BCUT2D eigenvalue weighted by Crippen LogP contribution is -2.26. The highest BCUT2D eigenvalue weighted by Gasteiger charge is 2.33. The van der Waals surface area contributed by atoms with E-state index in [2.05, 4.69) is 81.2 Å². The first-order valence-electron chi connectivity index (χ1n) is 27.2. The molecule has 0 saturated carbocycles. The van der Waals surface area contributed by atoms with Crippen molar-refractivity contribution in [3.8, 4) is 17.4 Å². The first-order chi connectivity index (χ1) is 37.5. The first-order valence-corrected chi connectivity index (χ1v) is 22.7. The second kappa shape index (κ2) is 18.4. The summed E-state index contributed by atoms with van der Waals surface area (Å²) in [6.45, 7) is 4.14. The molecule has 3 aliphatic rings. The molecule has 10 heteroatoms. The molecule has 8 aromatic rings. The monoisotopic (exact) mass is 904 g/mol. The van der Waals surface area contributed by atoms with Crippen LogP contribution in [0.15, 0.2) is 213 Å².